The van der Waals surface area contributed by atoms with Gasteiger partial charge >= 0.3 is 0 Å². The van der Waals surface area contributed by atoms with Crippen molar-refractivity contribution >= 4 is 33.7 Å². The SMILES string of the molecule is CCCNC(=O)[C@H]1[C@H]2C(=O)N([C@@H](CO)CC(C)C)C(C(=O)NC(C)C)C23CC(Br)[C@@H]1O3. The number of carbonyl (C=O) groups excluding carboxylic acids is 3. The zero-order valence-electron chi connectivity index (χ0n) is 19.1. The van der Waals surface area contributed by atoms with E-state index in [9.17, 15) is 19.5 Å². The largest absolute Gasteiger partial charge is 0.394 e. The Hall–Kier alpha value is -1.19. The van der Waals surface area contributed by atoms with E-state index in [1.165, 1.54) is 4.90 Å². The number of ether oxygens (including phenoxy) is 1. The summed E-state index contributed by atoms with van der Waals surface area (Å²) in [6.07, 6.45) is 1.36. The van der Waals surface area contributed by atoms with Crippen LogP contribution in [0.25, 0.3) is 0 Å². The second kappa shape index (κ2) is 9.35. The number of aliphatic hydroxyl groups excluding tert-OH is 1. The molecule has 3 saturated heterocycles. The Morgan fingerprint density at radius 2 is 1.97 bits per heavy atom. The number of aliphatic hydroxyl groups is 1. The van der Waals surface area contributed by atoms with E-state index < -0.39 is 35.6 Å². The monoisotopic (exact) mass is 501 g/mol. The molecule has 3 amide bonds. The minimum atomic E-state index is -1.08. The summed E-state index contributed by atoms with van der Waals surface area (Å²) >= 11 is 3.65. The maximum absolute atomic E-state index is 13.8. The van der Waals surface area contributed by atoms with Crippen LogP contribution in [0.2, 0.25) is 0 Å². The first-order chi connectivity index (χ1) is 14.6. The van der Waals surface area contributed by atoms with Crippen molar-refractivity contribution in [2.75, 3.05) is 13.2 Å². The average molecular weight is 502 g/mol. The van der Waals surface area contributed by atoms with Crippen molar-refractivity contribution in [3.63, 3.8) is 0 Å². The van der Waals surface area contributed by atoms with Crippen molar-refractivity contribution in [1.82, 2.24) is 15.5 Å². The second-order valence-corrected chi connectivity index (χ2v) is 11.0. The minimum absolute atomic E-state index is 0.111. The van der Waals surface area contributed by atoms with E-state index in [-0.39, 0.29) is 41.1 Å². The molecule has 0 aliphatic carbocycles. The number of hydrogen-bond donors (Lipinski definition) is 3. The van der Waals surface area contributed by atoms with Crippen LogP contribution in [-0.2, 0) is 19.1 Å². The van der Waals surface area contributed by atoms with Gasteiger partial charge in [0.2, 0.25) is 17.7 Å². The average Bonchev–Trinajstić information content (AvgIpc) is 3.27. The van der Waals surface area contributed by atoms with Crippen LogP contribution >= 0.6 is 15.9 Å². The van der Waals surface area contributed by atoms with E-state index in [1.807, 2.05) is 34.6 Å². The lowest BCUT2D eigenvalue weighted by molar-refractivity contribution is -0.146. The quantitative estimate of drug-likeness (QED) is 0.411. The topological polar surface area (TPSA) is 108 Å². The Balaban J connectivity index is 2.05. The molecule has 8 nitrogen and oxygen atoms in total. The molecule has 0 saturated carbocycles. The van der Waals surface area contributed by atoms with Gasteiger partial charge in [-0.2, -0.15) is 0 Å². The molecule has 3 heterocycles. The highest BCUT2D eigenvalue weighted by molar-refractivity contribution is 9.09. The minimum Gasteiger partial charge on any atom is -0.394 e. The summed E-state index contributed by atoms with van der Waals surface area (Å²) in [6, 6.07) is -1.50. The molecule has 3 fully saturated rings. The summed E-state index contributed by atoms with van der Waals surface area (Å²) in [4.78, 5) is 41.7. The third kappa shape index (κ3) is 4.13. The highest BCUT2D eigenvalue weighted by atomic mass is 79.9. The molecule has 176 valence electrons. The van der Waals surface area contributed by atoms with Crippen molar-refractivity contribution < 1.29 is 24.2 Å². The Kier molecular flexibility index (Phi) is 7.38. The molecule has 0 aromatic heterocycles. The van der Waals surface area contributed by atoms with Crippen molar-refractivity contribution in [3.05, 3.63) is 0 Å². The maximum atomic E-state index is 13.8. The van der Waals surface area contributed by atoms with Crippen LogP contribution in [0.5, 0.6) is 0 Å². The number of nitrogens with one attached hydrogen (secondary N) is 2. The van der Waals surface area contributed by atoms with Crippen molar-refractivity contribution in [3.8, 4) is 0 Å². The number of rotatable bonds is 9. The molecule has 7 atom stereocenters. The molecular weight excluding hydrogens is 466 g/mol. The first kappa shape index (κ1) is 24.5. The Morgan fingerprint density at radius 1 is 1.29 bits per heavy atom. The summed E-state index contributed by atoms with van der Waals surface area (Å²) in [5, 5.41) is 16.0. The van der Waals surface area contributed by atoms with Gasteiger partial charge in [0.15, 0.2) is 0 Å². The van der Waals surface area contributed by atoms with Crippen LogP contribution in [0.4, 0.5) is 0 Å². The van der Waals surface area contributed by atoms with Crippen molar-refractivity contribution in [2.24, 2.45) is 17.8 Å². The molecule has 3 aliphatic heterocycles. The summed E-state index contributed by atoms with van der Waals surface area (Å²) in [6.45, 7) is 10.0. The van der Waals surface area contributed by atoms with Gasteiger partial charge in [-0.1, -0.05) is 36.7 Å². The van der Waals surface area contributed by atoms with Gasteiger partial charge in [-0.15, -0.1) is 0 Å². The lowest BCUT2D eigenvalue weighted by Crippen LogP contribution is -2.59. The van der Waals surface area contributed by atoms with E-state index in [4.69, 9.17) is 4.74 Å². The van der Waals surface area contributed by atoms with E-state index in [2.05, 4.69) is 26.6 Å². The van der Waals surface area contributed by atoms with Gasteiger partial charge in [0.1, 0.15) is 11.6 Å². The van der Waals surface area contributed by atoms with E-state index in [0.717, 1.165) is 6.42 Å². The standard InChI is InChI=1S/C22H36BrN3O5/c1-6-7-24-19(28)15-16-21(30)26(13(10-27)8-11(2)3)18(20(29)25-12(4)5)22(16)9-14(23)17(15)31-22/h11-18,27H,6-10H2,1-5H3,(H,24,28)(H,25,29)/t13-,14?,15+,16+,17+,18?,22?/m1/s1. The van der Waals surface area contributed by atoms with Crippen LogP contribution < -0.4 is 10.6 Å². The van der Waals surface area contributed by atoms with Crippen molar-refractivity contribution in [2.45, 2.75) is 88.5 Å². The summed E-state index contributed by atoms with van der Waals surface area (Å²) in [5.74, 6) is -1.92. The molecule has 0 radical (unpaired) electrons. The van der Waals surface area contributed by atoms with Gasteiger partial charge in [-0.3, -0.25) is 14.4 Å². The predicted octanol–water partition coefficient (Wildman–Crippen LogP) is 1.19. The highest BCUT2D eigenvalue weighted by Crippen LogP contribution is 2.60. The van der Waals surface area contributed by atoms with Crippen LogP contribution in [0.3, 0.4) is 0 Å². The number of halogens is 1. The highest BCUT2D eigenvalue weighted by Gasteiger charge is 2.77. The van der Waals surface area contributed by atoms with E-state index in [1.54, 1.807) is 0 Å². The summed E-state index contributed by atoms with van der Waals surface area (Å²) in [7, 11) is 0. The molecular formula is C22H36BrN3O5. The molecule has 1 spiro atoms. The molecule has 0 aromatic rings. The van der Waals surface area contributed by atoms with Crippen LogP contribution in [0, 0.1) is 17.8 Å². The van der Waals surface area contributed by atoms with Crippen LogP contribution in [0.15, 0.2) is 0 Å². The fraction of sp³-hybridized carbons (Fsp3) is 0.864. The van der Waals surface area contributed by atoms with Gasteiger partial charge in [0.25, 0.3) is 0 Å². The maximum Gasteiger partial charge on any atom is 0.246 e. The molecule has 3 rings (SSSR count). The Labute approximate surface area is 193 Å². The number of carbonyl (C=O) groups is 3. The molecule has 3 unspecified atom stereocenters. The number of amides is 3. The fourth-order valence-corrected chi connectivity index (χ4v) is 6.55. The first-order valence-corrected chi connectivity index (χ1v) is 12.3. The third-order valence-electron chi connectivity index (χ3n) is 6.61. The fourth-order valence-electron chi connectivity index (χ4n) is 5.61. The molecule has 0 aromatic carbocycles. The molecule has 31 heavy (non-hydrogen) atoms. The van der Waals surface area contributed by atoms with Crippen molar-refractivity contribution in [1.29, 1.82) is 0 Å². The van der Waals surface area contributed by atoms with Crippen LogP contribution in [-0.4, -0.2) is 75.5 Å². The zero-order valence-corrected chi connectivity index (χ0v) is 20.6. The number of nitrogens with zero attached hydrogens (tertiary/aromatic N) is 1. The molecule has 2 bridgehead atoms. The number of hydrogen-bond acceptors (Lipinski definition) is 5. The van der Waals surface area contributed by atoms with Crippen LogP contribution in [0.1, 0.15) is 53.9 Å². The van der Waals surface area contributed by atoms with E-state index in [0.29, 0.717) is 19.4 Å². The second-order valence-electron chi connectivity index (χ2n) is 9.83. The van der Waals surface area contributed by atoms with Gasteiger partial charge in [-0.05, 0) is 39.0 Å². The van der Waals surface area contributed by atoms with Gasteiger partial charge in [-0.25, -0.2) is 0 Å². The Morgan fingerprint density at radius 3 is 2.52 bits per heavy atom. The van der Waals surface area contributed by atoms with Gasteiger partial charge in [0, 0.05) is 17.4 Å². The number of fused-ring (bicyclic) bond motifs is 1. The summed E-state index contributed by atoms with van der Waals surface area (Å²) < 4.78 is 6.41. The Bertz CT molecular complexity index is 717. The molecule has 3 aliphatic rings. The predicted molar refractivity (Wildman–Crippen MR) is 119 cm³/mol. The lowest BCUT2D eigenvalue weighted by Gasteiger charge is -2.37. The van der Waals surface area contributed by atoms with E-state index >= 15 is 0 Å². The normalized spacial score (nSPS) is 35.1. The molecule has 9 heteroatoms. The summed E-state index contributed by atoms with van der Waals surface area (Å²) in [5.41, 5.74) is -1.08. The third-order valence-corrected chi connectivity index (χ3v) is 7.45. The lowest BCUT2D eigenvalue weighted by atomic mass is 9.70. The molecule has 3 N–H and O–H groups in total. The zero-order chi connectivity index (χ0) is 23.1. The number of likely N-dealkylation sites (tertiary alicyclic amines) is 1. The first-order valence-electron chi connectivity index (χ1n) is 11.4. The smallest absolute Gasteiger partial charge is 0.246 e. The van der Waals surface area contributed by atoms with Gasteiger partial charge in [0.05, 0.1) is 30.6 Å². The van der Waals surface area contributed by atoms with Gasteiger partial charge < -0.3 is 25.4 Å². The number of alkyl halides is 1.